The fourth-order valence-corrected chi connectivity index (χ4v) is 4.00. The number of carbonyl (C=O) groups excluding carboxylic acids is 3. The van der Waals surface area contributed by atoms with Gasteiger partial charge >= 0.3 is 6.03 Å². The Bertz CT molecular complexity index is 1410. The first-order chi connectivity index (χ1) is 18.3. The smallest absolute Gasteiger partial charge is 0.335 e. The summed E-state index contributed by atoms with van der Waals surface area (Å²) in [6.45, 7) is 8.40. The second-order valence-electron chi connectivity index (χ2n) is 8.68. The van der Waals surface area contributed by atoms with E-state index in [0.29, 0.717) is 36.7 Å². The molecule has 0 aliphatic carbocycles. The van der Waals surface area contributed by atoms with E-state index in [-0.39, 0.29) is 17.0 Å². The van der Waals surface area contributed by atoms with E-state index in [2.05, 4.69) is 11.9 Å². The van der Waals surface area contributed by atoms with Crippen LogP contribution in [-0.4, -0.2) is 29.6 Å². The number of ether oxygens (including phenoxy) is 2. The Balaban J connectivity index is 1.71. The van der Waals surface area contributed by atoms with E-state index in [9.17, 15) is 19.5 Å². The Morgan fingerprint density at radius 3 is 2.37 bits per heavy atom. The molecule has 1 aliphatic rings. The van der Waals surface area contributed by atoms with Gasteiger partial charge in [0.1, 0.15) is 17.9 Å². The van der Waals surface area contributed by atoms with Crippen LogP contribution >= 0.6 is 0 Å². The zero-order valence-corrected chi connectivity index (χ0v) is 21.2. The molecule has 1 saturated heterocycles. The Kier molecular flexibility index (Phi) is 7.91. The van der Waals surface area contributed by atoms with Crippen LogP contribution in [0.15, 0.2) is 78.9 Å². The van der Waals surface area contributed by atoms with Gasteiger partial charge in [-0.15, -0.1) is 6.58 Å². The van der Waals surface area contributed by atoms with Gasteiger partial charge in [0.25, 0.3) is 11.8 Å². The van der Waals surface area contributed by atoms with Crippen LogP contribution in [0.3, 0.4) is 0 Å². The number of hydrogen-bond donors (Lipinski definition) is 2. The Morgan fingerprint density at radius 1 is 1.00 bits per heavy atom. The number of amides is 4. The molecule has 0 radical (unpaired) electrons. The second kappa shape index (κ2) is 11.5. The number of nitrogens with zero attached hydrogens (tertiary/aromatic N) is 1. The highest BCUT2D eigenvalue weighted by Gasteiger charge is 2.36. The number of aromatic hydroxyl groups is 1. The molecular weight excluding hydrogens is 484 g/mol. The van der Waals surface area contributed by atoms with Crippen molar-refractivity contribution in [1.82, 2.24) is 5.32 Å². The lowest BCUT2D eigenvalue weighted by Gasteiger charge is -2.26. The summed E-state index contributed by atoms with van der Waals surface area (Å²) in [5.74, 6) is -0.602. The lowest BCUT2D eigenvalue weighted by Crippen LogP contribution is -2.54. The zero-order chi connectivity index (χ0) is 27.2. The first kappa shape index (κ1) is 26.2. The van der Waals surface area contributed by atoms with Crippen LogP contribution in [-0.2, 0) is 22.6 Å². The van der Waals surface area contributed by atoms with E-state index in [0.717, 1.165) is 21.6 Å². The summed E-state index contributed by atoms with van der Waals surface area (Å²) < 4.78 is 12.0. The molecule has 3 aromatic rings. The van der Waals surface area contributed by atoms with Gasteiger partial charge in [-0.2, -0.15) is 0 Å². The molecule has 0 bridgehead atoms. The normalized spacial score (nSPS) is 14.4. The fraction of sp³-hybridized carbons (Fsp3) is 0.167. The van der Waals surface area contributed by atoms with Crippen LogP contribution < -0.4 is 19.7 Å². The predicted octanol–water partition coefficient (Wildman–Crippen LogP) is 5.07. The third-order valence-corrected chi connectivity index (χ3v) is 5.84. The summed E-state index contributed by atoms with van der Waals surface area (Å²) in [5, 5.41) is 11.8. The number of aryl methyl sites for hydroxylation is 1. The van der Waals surface area contributed by atoms with Crippen molar-refractivity contribution in [2.24, 2.45) is 0 Å². The van der Waals surface area contributed by atoms with Gasteiger partial charge < -0.3 is 14.6 Å². The molecule has 0 unspecified atom stereocenters. The molecule has 1 heterocycles. The predicted molar refractivity (Wildman–Crippen MR) is 144 cm³/mol. The van der Waals surface area contributed by atoms with E-state index in [1.54, 1.807) is 18.2 Å². The molecule has 0 spiro atoms. The molecular formula is C30H28N2O6. The van der Waals surface area contributed by atoms with Gasteiger partial charge in [0.05, 0.1) is 12.3 Å². The molecule has 194 valence electrons. The van der Waals surface area contributed by atoms with E-state index >= 15 is 0 Å². The SMILES string of the molecule is C=CCc1cc(/C=C2\C(=O)NC(=O)N(c3ccc(O)cc3)C2=O)cc(OCC)c1OCc1ccc(C)cc1. The third-order valence-electron chi connectivity index (χ3n) is 5.84. The fourth-order valence-electron chi connectivity index (χ4n) is 4.00. The van der Waals surface area contributed by atoms with Gasteiger partial charge in [-0.3, -0.25) is 14.9 Å². The van der Waals surface area contributed by atoms with Crippen molar-refractivity contribution in [3.05, 3.63) is 101 Å². The minimum atomic E-state index is -0.870. The van der Waals surface area contributed by atoms with E-state index in [4.69, 9.17) is 9.47 Å². The number of anilines is 1. The topological polar surface area (TPSA) is 105 Å². The Labute approximate surface area is 220 Å². The molecule has 0 saturated carbocycles. The highest BCUT2D eigenvalue weighted by Crippen LogP contribution is 2.36. The summed E-state index contributed by atoms with van der Waals surface area (Å²) in [4.78, 5) is 39.2. The van der Waals surface area contributed by atoms with Crippen molar-refractivity contribution < 1.29 is 29.0 Å². The molecule has 2 N–H and O–H groups in total. The summed E-state index contributed by atoms with van der Waals surface area (Å²) in [6, 6.07) is 16.2. The lowest BCUT2D eigenvalue weighted by atomic mass is 10.0. The van der Waals surface area contributed by atoms with Crippen LogP contribution in [0.2, 0.25) is 0 Å². The molecule has 4 amide bonds. The molecule has 8 nitrogen and oxygen atoms in total. The molecule has 4 rings (SSSR count). The quantitative estimate of drug-likeness (QED) is 0.236. The number of nitrogens with one attached hydrogen (secondary N) is 1. The maximum absolute atomic E-state index is 13.2. The summed E-state index contributed by atoms with van der Waals surface area (Å²) in [6.07, 6.45) is 3.60. The molecule has 1 fully saturated rings. The van der Waals surface area contributed by atoms with Gasteiger partial charge in [-0.25, -0.2) is 9.69 Å². The van der Waals surface area contributed by atoms with Gasteiger partial charge in [-0.1, -0.05) is 35.9 Å². The summed E-state index contributed by atoms with van der Waals surface area (Å²) in [5.41, 5.74) is 3.42. The van der Waals surface area contributed by atoms with Crippen LogP contribution in [0.4, 0.5) is 10.5 Å². The van der Waals surface area contributed by atoms with Crippen molar-refractivity contribution >= 4 is 29.6 Å². The standard InChI is InChI=1S/C30H28N2O6/c1-4-6-22-15-21(17-26(37-5-2)27(22)38-18-20-9-7-19(3)8-10-20)16-25-28(34)31-30(36)32(29(25)35)23-11-13-24(33)14-12-23/h4,7-17,33H,1,5-6,18H2,2-3H3,(H,31,34,36)/b25-16+. The number of carbonyl (C=O) groups is 3. The number of phenolic OH excluding ortho intramolecular Hbond substituents is 1. The molecule has 38 heavy (non-hydrogen) atoms. The van der Waals surface area contributed by atoms with Gasteiger partial charge in [0.15, 0.2) is 11.5 Å². The largest absolute Gasteiger partial charge is 0.508 e. The Hall–Kier alpha value is -4.85. The number of benzene rings is 3. The molecule has 3 aromatic carbocycles. The van der Waals surface area contributed by atoms with Crippen molar-refractivity contribution in [2.45, 2.75) is 26.9 Å². The van der Waals surface area contributed by atoms with E-state index < -0.39 is 17.8 Å². The maximum atomic E-state index is 13.2. The number of phenols is 1. The van der Waals surface area contributed by atoms with E-state index in [1.807, 2.05) is 38.1 Å². The van der Waals surface area contributed by atoms with Crippen LogP contribution in [0.5, 0.6) is 17.2 Å². The minimum absolute atomic E-state index is 0.0200. The number of imide groups is 2. The van der Waals surface area contributed by atoms with Crippen LogP contribution in [0.25, 0.3) is 6.08 Å². The van der Waals surface area contributed by atoms with Gasteiger partial charge in [0, 0.05) is 5.56 Å². The van der Waals surface area contributed by atoms with Crippen molar-refractivity contribution in [2.75, 3.05) is 11.5 Å². The van der Waals surface area contributed by atoms with Gasteiger partial charge in [0.2, 0.25) is 0 Å². The first-order valence-electron chi connectivity index (χ1n) is 12.1. The van der Waals surface area contributed by atoms with Crippen LogP contribution in [0, 0.1) is 6.92 Å². The maximum Gasteiger partial charge on any atom is 0.335 e. The van der Waals surface area contributed by atoms with E-state index in [1.165, 1.54) is 30.3 Å². The summed E-state index contributed by atoms with van der Waals surface area (Å²) in [7, 11) is 0. The molecule has 1 aliphatic heterocycles. The average Bonchev–Trinajstić information content (AvgIpc) is 2.88. The van der Waals surface area contributed by atoms with Crippen molar-refractivity contribution in [3.63, 3.8) is 0 Å². The molecule has 0 aromatic heterocycles. The molecule has 8 heteroatoms. The highest BCUT2D eigenvalue weighted by molar-refractivity contribution is 6.39. The Morgan fingerprint density at radius 2 is 1.71 bits per heavy atom. The first-order valence-corrected chi connectivity index (χ1v) is 12.1. The number of urea groups is 1. The van der Waals surface area contributed by atoms with Crippen LogP contribution in [0.1, 0.15) is 29.2 Å². The number of rotatable bonds is 9. The summed E-state index contributed by atoms with van der Waals surface area (Å²) >= 11 is 0. The number of barbiturate groups is 1. The zero-order valence-electron chi connectivity index (χ0n) is 21.2. The third kappa shape index (κ3) is 5.75. The minimum Gasteiger partial charge on any atom is -0.508 e. The van der Waals surface area contributed by atoms with Crippen molar-refractivity contribution in [1.29, 1.82) is 0 Å². The monoisotopic (exact) mass is 512 g/mol. The average molecular weight is 513 g/mol. The second-order valence-corrected chi connectivity index (χ2v) is 8.68. The lowest BCUT2D eigenvalue weighted by molar-refractivity contribution is -0.122. The molecule has 0 atom stereocenters. The van der Waals surface area contributed by atoms with Crippen molar-refractivity contribution in [3.8, 4) is 17.2 Å². The number of hydrogen-bond acceptors (Lipinski definition) is 6. The number of allylic oxidation sites excluding steroid dienone is 1. The van der Waals surface area contributed by atoms with Gasteiger partial charge in [-0.05, 0) is 73.9 Å². The highest BCUT2D eigenvalue weighted by atomic mass is 16.5.